The summed E-state index contributed by atoms with van der Waals surface area (Å²) in [5.74, 6) is 0.332. The normalized spacial score (nSPS) is 14.3. The SMILES string of the molecule is Cc1ccncc1NC(=O)c1ccc2c(c1)Cc1cccc(c1)C(=O)NCCOCCO2. The monoisotopic (exact) mass is 431 g/mol. The van der Waals surface area contributed by atoms with Gasteiger partial charge in [-0.3, -0.25) is 14.6 Å². The van der Waals surface area contributed by atoms with Crippen LogP contribution in [0.2, 0.25) is 0 Å². The molecule has 32 heavy (non-hydrogen) atoms. The minimum Gasteiger partial charge on any atom is -0.491 e. The molecule has 0 atom stereocenters. The maximum atomic E-state index is 12.9. The minimum absolute atomic E-state index is 0.135. The number of nitrogens with one attached hydrogen (secondary N) is 2. The molecule has 0 saturated heterocycles. The molecule has 2 aromatic carbocycles. The average Bonchev–Trinajstić information content (AvgIpc) is 2.80. The fourth-order valence-corrected chi connectivity index (χ4v) is 3.48. The summed E-state index contributed by atoms with van der Waals surface area (Å²) in [6, 6.07) is 14.7. The van der Waals surface area contributed by atoms with E-state index >= 15 is 0 Å². The van der Waals surface area contributed by atoms with E-state index in [1.165, 1.54) is 0 Å². The summed E-state index contributed by atoms with van der Waals surface area (Å²) in [5.41, 5.74) is 4.52. The number of aromatic nitrogens is 1. The van der Waals surface area contributed by atoms with Crippen LogP contribution in [0.4, 0.5) is 5.69 Å². The van der Waals surface area contributed by atoms with Crippen molar-refractivity contribution in [2.45, 2.75) is 13.3 Å². The quantitative estimate of drug-likeness (QED) is 0.649. The molecule has 164 valence electrons. The Balaban J connectivity index is 1.63. The Kier molecular flexibility index (Phi) is 6.77. The molecule has 7 nitrogen and oxygen atoms in total. The summed E-state index contributed by atoms with van der Waals surface area (Å²) in [7, 11) is 0. The summed E-state index contributed by atoms with van der Waals surface area (Å²) >= 11 is 0. The zero-order valence-electron chi connectivity index (χ0n) is 17.9. The highest BCUT2D eigenvalue weighted by Crippen LogP contribution is 2.25. The number of hydrogen-bond acceptors (Lipinski definition) is 5. The Morgan fingerprint density at radius 1 is 1.09 bits per heavy atom. The standard InChI is InChI=1S/C25H25N3O4/c1-17-7-8-26-16-22(17)28-25(30)20-5-6-23-21(15-20)14-18-3-2-4-19(13-18)24(29)27-9-10-31-11-12-32-23/h2-8,13,15-16H,9-12,14H2,1H3,(H,27,29)(H,28,30). The number of ether oxygens (including phenoxy) is 2. The molecule has 0 spiro atoms. The van der Waals surface area contributed by atoms with E-state index in [1.807, 2.05) is 43.3 Å². The van der Waals surface area contributed by atoms with E-state index in [1.54, 1.807) is 24.5 Å². The molecule has 2 bridgehead atoms. The van der Waals surface area contributed by atoms with Gasteiger partial charge < -0.3 is 20.1 Å². The number of rotatable bonds is 2. The first-order valence-electron chi connectivity index (χ1n) is 10.5. The van der Waals surface area contributed by atoms with Crippen molar-refractivity contribution in [3.8, 4) is 5.75 Å². The van der Waals surface area contributed by atoms with Crippen LogP contribution in [-0.2, 0) is 11.2 Å². The van der Waals surface area contributed by atoms with Gasteiger partial charge >= 0.3 is 0 Å². The van der Waals surface area contributed by atoms with Crippen molar-refractivity contribution in [3.63, 3.8) is 0 Å². The lowest BCUT2D eigenvalue weighted by Crippen LogP contribution is -2.28. The molecule has 7 heteroatoms. The number of pyridine rings is 1. The predicted molar refractivity (Wildman–Crippen MR) is 121 cm³/mol. The number of benzene rings is 2. The number of carbonyl (C=O) groups is 2. The number of fused-ring (bicyclic) bond motifs is 3. The Morgan fingerprint density at radius 3 is 2.88 bits per heavy atom. The molecule has 2 N–H and O–H groups in total. The van der Waals surface area contributed by atoms with Crippen LogP contribution in [0, 0.1) is 6.92 Å². The second-order valence-electron chi connectivity index (χ2n) is 7.56. The topological polar surface area (TPSA) is 89.6 Å². The molecule has 1 aliphatic rings. The molecule has 0 aliphatic carbocycles. The van der Waals surface area contributed by atoms with Crippen LogP contribution in [0.3, 0.4) is 0 Å². The van der Waals surface area contributed by atoms with Crippen LogP contribution < -0.4 is 15.4 Å². The Hall–Kier alpha value is -3.71. The predicted octanol–water partition coefficient (Wildman–Crippen LogP) is 3.37. The van der Waals surface area contributed by atoms with Crippen molar-refractivity contribution in [2.75, 3.05) is 31.7 Å². The van der Waals surface area contributed by atoms with Gasteiger partial charge in [-0.15, -0.1) is 0 Å². The summed E-state index contributed by atoms with van der Waals surface area (Å²) in [6.07, 6.45) is 3.84. The number of anilines is 1. The summed E-state index contributed by atoms with van der Waals surface area (Å²) in [6.45, 7) is 3.55. The summed E-state index contributed by atoms with van der Waals surface area (Å²) in [4.78, 5) is 29.3. The molecule has 3 aromatic rings. The molecule has 0 radical (unpaired) electrons. The number of aryl methyl sites for hydroxylation is 1. The number of hydrogen-bond donors (Lipinski definition) is 2. The van der Waals surface area contributed by atoms with Gasteiger partial charge in [-0.2, -0.15) is 0 Å². The Bertz CT molecular complexity index is 1130. The van der Waals surface area contributed by atoms with Crippen LogP contribution in [0.15, 0.2) is 60.9 Å². The van der Waals surface area contributed by atoms with E-state index in [2.05, 4.69) is 15.6 Å². The molecule has 4 rings (SSSR count). The number of amides is 2. The van der Waals surface area contributed by atoms with Gasteiger partial charge in [-0.1, -0.05) is 12.1 Å². The van der Waals surface area contributed by atoms with Gasteiger partial charge in [0.05, 0.1) is 25.1 Å². The molecule has 0 saturated carbocycles. The fourth-order valence-electron chi connectivity index (χ4n) is 3.48. The van der Waals surface area contributed by atoms with Crippen LogP contribution in [0.5, 0.6) is 5.75 Å². The van der Waals surface area contributed by atoms with E-state index in [-0.39, 0.29) is 11.8 Å². The van der Waals surface area contributed by atoms with E-state index in [0.29, 0.717) is 55.4 Å². The minimum atomic E-state index is -0.222. The van der Waals surface area contributed by atoms with Gasteiger partial charge in [-0.25, -0.2) is 0 Å². The third-order valence-corrected chi connectivity index (χ3v) is 5.21. The zero-order chi connectivity index (χ0) is 22.3. The highest BCUT2D eigenvalue weighted by atomic mass is 16.5. The maximum absolute atomic E-state index is 12.9. The molecule has 2 amide bonds. The van der Waals surface area contributed by atoms with Crippen LogP contribution in [0.1, 0.15) is 37.4 Å². The van der Waals surface area contributed by atoms with E-state index in [0.717, 1.165) is 16.7 Å². The largest absolute Gasteiger partial charge is 0.491 e. The Labute approximate surface area is 186 Å². The summed E-state index contributed by atoms with van der Waals surface area (Å²) in [5, 5.41) is 5.77. The molecule has 2 heterocycles. The van der Waals surface area contributed by atoms with Crippen molar-refractivity contribution >= 4 is 17.5 Å². The van der Waals surface area contributed by atoms with Gasteiger partial charge in [0.2, 0.25) is 0 Å². The van der Waals surface area contributed by atoms with Gasteiger partial charge in [0, 0.05) is 30.3 Å². The maximum Gasteiger partial charge on any atom is 0.255 e. The number of nitrogens with zero attached hydrogens (tertiary/aromatic N) is 1. The lowest BCUT2D eigenvalue weighted by molar-refractivity contribution is 0.0865. The van der Waals surface area contributed by atoms with Crippen LogP contribution >= 0.6 is 0 Å². The van der Waals surface area contributed by atoms with Gasteiger partial charge in [0.15, 0.2) is 0 Å². The second-order valence-corrected chi connectivity index (χ2v) is 7.56. The molecular formula is C25H25N3O4. The average molecular weight is 431 g/mol. The van der Waals surface area contributed by atoms with Gasteiger partial charge in [0.25, 0.3) is 11.8 Å². The fraction of sp³-hybridized carbons (Fsp3) is 0.240. The highest BCUT2D eigenvalue weighted by Gasteiger charge is 2.14. The molecule has 1 aliphatic heterocycles. The first-order chi connectivity index (χ1) is 15.6. The van der Waals surface area contributed by atoms with Gasteiger partial charge in [0.1, 0.15) is 12.4 Å². The lowest BCUT2D eigenvalue weighted by Gasteiger charge is -2.15. The third kappa shape index (κ3) is 5.31. The number of carbonyl (C=O) groups excluding carboxylic acids is 2. The zero-order valence-corrected chi connectivity index (χ0v) is 17.9. The van der Waals surface area contributed by atoms with E-state index in [9.17, 15) is 9.59 Å². The van der Waals surface area contributed by atoms with Crippen molar-refractivity contribution in [1.29, 1.82) is 0 Å². The molecule has 0 fully saturated rings. The van der Waals surface area contributed by atoms with Crippen molar-refractivity contribution < 1.29 is 19.1 Å². The molecular weight excluding hydrogens is 406 g/mol. The Morgan fingerprint density at radius 2 is 2.00 bits per heavy atom. The van der Waals surface area contributed by atoms with E-state index in [4.69, 9.17) is 9.47 Å². The highest BCUT2D eigenvalue weighted by molar-refractivity contribution is 6.04. The van der Waals surface area contributed by atoms with Crippen molar-refractivity contribution in [3.05, 3.63) is 88.7 Å². The second kappa shape index (κ2) is 10.1. The molecule has 0 unspecified atom stereocenters. The first kappa shape index (κ1) is 21.5. The first-order valence-corrected chi connectivity index (χ1v) is 10.5. The van der Waals surface area contributed by atoms with Crippen LogP contribution in [-0.4, -0.2) is 43.2 Å². The smallest absolute Gasteiger partial charge is 0.255 e. The third-order valence-electron chi connectivity index (χ3n) is 5.21. The molecule has 1 aromatic heterocycles. The van der Waals surface area contributed by atoms with E-state index < -0.39 is 0 Å². The van der Waals surface area contributed by atoms with Crippen LogP contribution in [0.25, 0.3) is 0 Å². The lowest BCUT2D eigenvalue weighted by atomic mass is 9.99. The van der Waals surface area contributed by atoms with Gasteiger partial charge in [-0.05, 0) is 60.0 Å². The summed E-state index contributed by atoms with van der Waals surface area (Å²) < 4.78 is 11.5. The van der Waals surface area contributed by atoms with Crippen molar-refractivity contribution in [2.24, 2.45) is 0 Å². The van der Waals surface area contributed by atoms with Crippen molar-refractivity contribution in [1.82, 2.24) is 10.3 Å².